The molecular weight excluding hydrogens is 238 g/mol. The van der Waals surface area contributed by atoms with Gasteiger partial charge in [-0.15, -0.1) is 0 Å². The van der Waals surface area contributed by atoms with Crippen LogP contribution < -0.4 is 10.6 Å². The van der Waals surface area contributed by atoms with Crippen LogP contribution in [-0.4, -0.2) is 51.6 Å². The zero-order chi connectivity index (χ0) is 14.1. The Bertz CT molecular complexity index is 393. The molecule has 1 rings (SSSR count). The van der Waals surface area contributed by atoms with E-state index in [0.29, 0.717) is 0 Å². The number of hydrogen-bond donors (Lipinski definition) is 2. The van der Waals surface area contributed by atoms with E-state index < -0.39 is 0 Å². The lowest BCUT2D eigenvalue weighted by Gasteiger charge is -2.19. The fraction of sp³-hybridized carbons (Fsp3) is 0.533. The van der Waals surface area contributed by atoms with Gasteiger partial charge in [0.15, 0.2) is 0 Å². The van der Waals surface area contributed by atoms with Gasteiger partial charge in [-0.1, -0.05) is 18.2 Å². The molecule has 0 aliphatic heterocycles. The lowest BCUT2D eigenvalue weighted by Crippen LogP contribution is -2.30. The molecule has 0 bridgehead atoms. The monoisotopic (exact) mass is 263 g/mol. The summed E-state index contributed by atoms with van der Waals surface area (Å²) in [7, 11) is 5.72. The van der Waals surface area contributed by atoms with Gasteiger partial charge < -0.3 is 15.5 Å². The maximum absolute atomic E-state index is 12.4. The molecule has 0 unspecified atom stereocenters. The van der Waals surface area contributed by atoms with Crippen LogP contribution in [0.5, 0.6) is 0 Å². The lowest BCUT2D eigenvalue weighted by atomic mass is 10.0. The van der Waals surface area contributed by atoms with Gasteiger partial charge >= 0.3 is 0 Å². The molecule has 0 spiro atoms. The van der Waals surface area contributed by atoms with Crippen molar-refractivity contribution >= 4 is 5.91 Å². The highest BCUT2D eigenvalue weighted by Gasteiger charge is 2.14. The Kier molecular flexibility index (Phi) is 7.15. The average molecular weight is 263 g/mol. The van der Waals surface area contributed by atoms with Gasteiger partial charge in [-0.05, 0) is 51.7 Å². The minimum Gasteiger partial charge on any atom is -0.342 e. The first kappa shape index (κ1) is 15.7. The lowest BCUT2D eigenvalue weighted by molar-refractivity contribution is 0.0792. The number of carbonyl (C=O) groups is 1. The molecule has 1 aromatic carbocycles. The van der Waals surface area contributed by atoms with Crippen molar-refractivity contribution < 1.29 is 4.79 Å². The first-order valence-corrected chi connectivity index (χ1v) is 6.83. The molecule has 1 aromatic rings. The van der Waals surface area contributed by atoms with E-state index in [0.717, 1.165) is 43.6 Å². The van der Waals surface area contributed by atoms with Crippen LogP contribution in [-0.2, 0) is 6.42 Å². The summed E-state index contributed by atoms with van der Waals surface area (Å²) in [5, 5.41) is 6.22. The minimum absolute atomic E-state index is 0.114. The van der Waals surface area contributed by atoms with Crippen LogP contribution in [0.15, 0.2) is 24.3 Å². The first-order valence-electron chi connectivity index (χ1n) is 6.83. The van der Waals surface area contributed by atoms with Crippen molar-refractivity contribution in [3.8, 4) is 0 Å². The van der Waals surface area contributed by atoms with Gasteiger partial charge in [0.25, 0.3) is 5.91 Å². The number of rotatable bonds is 8. The van der Waals surface area contributed by atoms with E-state index in [-0.39, 0.29) is 5.91 Å². The SMILES string of the molecule is CNCCCN(C)C(=O)c1ccccc1CCNC. The zero-order valence-electron chi connectivity index (χ0n) is 12.2. The molecule has 106 valence electrons. The van der Waals surface area contributed by atoms with E-state index in [1.165, 1.54) is 0 Å². The second kappa shape index (κ2) is 8.67. The molecule has 0 aliphatic carbocycles. The number of nitrogens with one attached hydrogen (secondary N) is 2. The van der Waals surface area contributed by atoms with Crippen molar-refractivity contribution in [2.75, 3.05) is 40.8 Å². The Hall–Kier alpha value is -1.39. The van der Waals surface area contributed by atoms with Gasteiger partial charge in [0.2, 0.25) is 0 Å². The molecule has 0 saturated heterocycles. The van der Waals surface area contributed by atoms with E-state index in [4.69, 9.17) is 0 Å². The number of benzene rings is 1. The van der Waals surface area contributed by atoms with E-state index in [2.05, 4.69) is 10.6 Å². The topological polar surface area (TPSA) is 44.4 Å². The molecule has 1 amide bonds. The van der Waals surface area contributed by atoms with Gasteiger partial charge in [-0.2, -0.15) is 0 Å². The molecule has 19 heavy (non-hydrogen) atoms. The molecule has 0 radical (unpaired) electrons. The Balaban J connectivity index is 2.69. The molecule has 0 aliphatic rings. The second-order valence-electron chi connectivity index (χ2n) is 4.69. The standard InChI is InChI=1S/C15H25N3O/c1-16-10-6-12-18(3)15(19)14-8-5-4-7-13(14)9-11-17-2/h4-5,7-8,16-17H,6,9-12H2,1-3H3. The van der Waals surface area contributed by atoms with Crippen LogP contribution in [0, 0.1) is 0 Å². The minimum atomic E-state index is 0.114. The number of likely N-dealkylation sites (N-methyl/N-ethyl adjacent to an activating group) is 1. The summed E-state index contributed by atoms with van der Waals surface area (Å²) in [5.74, 6) is 0.114. The van der Waals surface area contributed by atoms with Gasteiger partial charge in [-0.25, -0.2) is 0 Å². The van der Waals surface area contributed by atoms with Crippen molar-refractivity contribution in [3.63, 3.8) is 0 Å². The quantitative estimate of drug-likeness (QED) is 0.691. The smallest absolute Gasteiger partial charge is 0.253 e. The number of nitrogens with zero attached hydrogens (tertiary/aromatic N) is 1. The molecule has 0 fully saturated rings. The molecule has 0 heterocycles. The maximum Gasteiger partial charge on any atom is 0.253 e. The van der Waals surface area contributed by atoms with Crippen molar-refractivity contribution in [3.05, 3.63) is 35.4 Å². The predicted molar refractivity (Wildman–Crippen MR) is 79.6 cm³/mol. The fourth-order valence-corrected chi connectivity index (χ4v) is 2.01. The van der Waals surface area contributed by atoms with E-state index in [1.807, 2.05) is 45.4 Å². The van der Waals surface area contributed by atoms with Gasteiger partial charge in [-0.3, -0.25) is 4.79 Å². The van der Waals surface area contributed by atoms with Crippen LogP contribution in [0.25, 0.3) is 0 Å². The summed E-state index contributed by atoms with van der Waals surface area (Å²) in [6, 6.07) is 7.87. The van der Waals surface area contributed by atoms with E-state index in [1.54, 1.807) is 4.90 Å². The first-order chi connectivity index (χ1) is 9.20. The van der Waals surface area contributed by atoms with Crippen LogP contribution in [0.4, 0.5) is 0 Å². The molecule has 0 saturated carbocycles. The normalized spacial score (nSPS) is 10.5. The second-order valence-corrected chi connectivity index (χ2v) is 4.69. The molecule has 4 nitrogen and oxygen atoms in total. The van der Waals surface area contributed by atoms with Gasteiger partial charge in [0, 0.05) is 19.2 Å². The maximum atomic E-state index is 12.4. The Morgan fingerprint density at radius 3 is 2.53 bits per heavy atom. The van der Waals surface area contributed by atoms with Crippen molar-refractivity contribution in [2.45, 2.75) is 12.8 Å². The summed E-state index contributed by atoms with van der Waals surface area (Å²) < 4.78 is 0. The highest BCUT2D eigenvalue weighted by molar-refractivity contribution is 5.95. The van der Waals surface area contributed by atoms with E-state index in [9.17, 15) is 4.79 Å². The molecule has 2 N–H and O–H groups in total. The predicted octanol–water partition coefficient (Wildman–Crippen LogP) is 1.13. The number of hydrogen-bond acceptors (Lipinski definition) is 3. The zero-order valence-corrected chi connectivity index (χ0v) is 12.2. The van der Waals surface area contributed by atoms with Gasteiger partial charge in [0.05, 0.1) is 0 Å². The summed E-state index contributed by atoms with van der Waals surface area (Å²) in [6.45, 7) is 2.59. The summed E-state index contributed by atoms with van der Waals surface area (Å²) in [6.07, 6.45) is 1.85. The third-order valence-electron chi connectivity index (χ3n) is 3.16. The third-order valence-corrected chi connectivity index (χ3v) is 3.16. The van der Waals surface area contributed by atoms with Crippen molar-refractivity contribution in [2.24, 2.45) is 0 Å². The third kappa shape index (κ3) is 5.01. The molecule has 0 aromatic heterocycles. The number of carbonyl (C=O) groups excluding carboxylic acids is 1. The molecule has 4 heteroatoms. The van der Waals surface area contributed by atoms with Crippen molar-refractivity contribution in [1.82, 2.24) is 15.5 Å². The van der Waals surface area contributed by atoms with Gasteiger partial charge in [0.1, 0.15) is 0 Å². The van der Waals surface area contributed by atoms with Crippen LogP contribution >= 0.6 is 0 Å². The Morgan fingerprint density at radius 1 is 1.16 bits per heavy atom. The van der Waals surface area contributed by atoms with Crippen LogP contribution in [0.3, 0.4) is 0 Å². The van der Waals surface area contributed by atoms with Crippen LogP contribution in [0.2, 0.25) is 0 Å². The Labute approximate surface area is 116 Å². The summed E-state index contributed by atoms with van der Waals surface area (Å²) >= 11 is 0. The highest BCUT2D eigenvalue weighted by atomic mass is 16.2. The average Bonchev–Trinajstić information content (AvgIpc) is 2.44. The van der Waals surface area contributed by atoms with E-state index >= 15 is 0 Å². The molecular formula is C15H25N3O. The van der Waals surface area contributed by atoms with Crippen LogP contribution in [0.1, 0.15) is 22.3 Å². The largest absolute Gasteiger partial charge is 0.342 e. The molecule has 0 atom stereocenters. The summed E-state index contributed by atoms with van der Waals surface area (Å²) in [5.41, 5.74) is 1.94. The fourth-order valence-electron chi connectivity index (χ4n) is 2.01. The number of amides is 1. The highest BCUT2D eigenvalue weighted by Crippen LogP contribution is 2.12. The van der Waals surface area contributed by atoms with Crippen molar-refractivity contribution in [1.29, 1.82) is 0 Å². The summed E-state index contributed by atoms with van der Waals surface area (Å²) in [4.78, 5) is 14.2. The Morgan fingerprint density at radius 2 is 1.84 bits per heavy atom.